The number of nitrogens with zero attached hydrogens (tertiary/aromatic N) is 3. The van der Waals surface area contributed by atoms with E-state index < -0.39 is 13.7 Å². The lowest BCUT2D eigenvalue weighted by Crippen LogP contribution is -2.38. The number of alkyl halides is 4. The summed E-state index contributed by atoms with van der Waals surface area (Å²) in [6.45, 7) is 2.70. The van der Waals surface area contributed by atoms with E-state index in [1.807, 2.05) is 0 Å². The summed E-state index contributed by atoms with van der Waals surface area (Å²) in [6.07, 6.45) is 0.888. The van der Waals surface area contributed by atoms with Crippen LogP contribution >= 0.6 is 54.1 Å². The van der Waals surface area contributed by atoms with Crippen LogP contribution in [0.1, 0.15) is 6.42 Å². The van der Waals surface area contributed by atoms with Crippen LogP contribution in [0.4, 0.5) is 4.79 Å². The van der Waals surface area contributed by atoms with Crippen molar-refractivity contribution in [2.45, 2.75) is 6.42 Å². The standard InChI is InChI=1S/C7H15Cl2N2O2P.C5H9Cl2N3O2/c8-2-5-11(6-3-9)14(12)10-4-1-7-13-14;6-1-3-8-5(11)10(9-12)4-2-7/h1-7H2,(H,10,12);1-4H2,(H,8,11). The summed E-state index contributed by atoms with van der Waals surface area (Å²) in [5.74, 6) is 1.30. The van der Waals surface area contributed by atoms with Gasteiger partial charge in [0.2, 0.25) is 0 Å². The number of hydrogen-bond acceptors (Lipinski definition) is 5. The van der Waals surface area contributed by atoms with Crippen molar-refractivity contribution in [2.75, 3.05) is 62.9 Å². The molecule has 0 aliphatic carbocycles. The molecule has 1 rings (SSSR count). The predicted octanol–water partition coefficient (Wildman–Crippen LogP) is 3.04. The van der Waals surface area contributed by atoms with E-state index in [0.29, 0.717) is 48.9 Å². The molecule has 0 aromatic carbocycles. The number of carbonyl (C=O) groups is 1. The molecule has 0 radical (unpaired) electrons. The molecule has 26 heavy (non-hydrogen) atoms. The monoisotopic (exact) mass is 473 g/mol. The Labute approximate surface area is 173 Å². The Kier molecular flexibility index (Phi) is 16.2. The average molecular weight is 475 g/mol. The quantitative estimate of drug-likeness (QED) is 0.218. The van der Waals surface area contributed by atoms with Crippen LogP contribution in [0.3, 0.4) is 0 Å². The highest BCUT2D eigenvalue weighted by Crippen LogP contribution is 2.48. The third-order valence-corrected chi connectivity index (χ3v) is 5.95. The normalized spacial score (nSPS) is 19.4. The number of hydrogen-bond donors (Lipinski definition) is 2. The SMILES string of the molecule is O=NN(CCCl)C(=O)NCCCl.O=P1(N(CCCl)CCCl)NCCCO1. The molecule has 0 saturated carbocycles. The van der Waals surface area contributed by atoms with E-state index in [2.05, 4.69) is 15.7 Å². The molecule has 1 saturated heterocycles. The molecule has 14 heteroatoms. The Morgan fingerprint density at radius 2 is 1.73 bits per heavy atom. The second-order valence-corrected chi connectivity index (χ2v) is 8.45. The summed E-state index contributed by atoms with van der Waals surface area (Å²) < 4.78 is 19.2. The largest absolute Gasteiger partial charge is 0.343 e. The molecule has 1 aliphatic rings. The fraction of sp³-hybridized carbons (Fsp3) is 0.917. The van der Waals surface area contributed by atoms with Gasteiger partial charge in [0, 0.05) is 49.7 Å². The molecule has 1 atom stereocenters. The van der Waals surface area contributed by atoms with Crippen molar-refractivity contribution in [2.24, 2.45) is 5.29 Å². The lowest BCUT2D eigenvalue weighted by Gasteiger charge is -2.33. The molecule has 0 bridgehead atoms. The van der Waals surface area contributed by atoms with Crippen LogP contribution in [0.15, 0.2) is 5.29 Å². The first-order valence-corrected chi connectivity index (χ1v) is 11.6. The Balaban J connectivity index is 0.000000488. The van der Waals surface area contributed by atoms with Gasteiger partial charge in [-0.05, 0) is 6.42 Å². The zero-order valence-electron chi connectivity index (χ0n) is 14.2. The second-order valence-electron chi connectivity index (χ2n) is 4.76. The lowest BCUT2D eigenvalue weighted by atomic mass is 10.5. The number of urea groups is 1. The molecule has 9 nitrogen and oxygen atoms in total. The van der Waals surface area contributed by atoms with Gasteiger partial charge in [0.25, 0.3) is 0 Å². The molecule has 0 aromatic heterocycles. The minimum absolute atomic E-state index is 0.0964. The molecule has 154 valence electrons. The third kappa shape index (κ3) is 10.5. The number of carbonyl (C=O) groups excluding carboxylic acids is 1. The van der Waals surface area contributed by atoms with Crippen LogP contribution in [-0.4, -0.2) is 78.6 Å². The highest BCUT2D eigenvalue weighted by molar-refractivity contribution is 7.54. The van der Waals surface area contributed by atoms with Crippen LogP contribution in [-0.2, 0) is 9.09 Å². The van der Waals surface area contributed by atoms with Gasteiger partial charge in [-0.1, -0.05) is 0 Å². The van der Waals surface area contributed by atoms with E-state index >= 15 is 0 Å². The van der Waals surface area contributed by atoms with E-state index in [4.69, 9.17) is 50.9 Å². The number of nitroso groups, excluding NO2 is 1. The lowest BCUT2D eigenvalue weighted by molar-refractivity contribution is 0.203. The van der Waals surface area contributed by atoms with Crippen LogP contribution in [0.25, 0.3) is 0 Å². The Morgan fingerprint density at radius 1 is 1.12 bits per heavy atom. The fourth-order valence-electron chi connectivity index (χ4n) is 1.78. The maximum Gasteiger partial charge on any atom is 0.343 e. The topological polar surface area (TPSA) is 103 Å². The third-order valence-electron chi connectivity index (χ3n) is 2.96. The number of halogens is 4. The summed E-state index contributed by atoms with van der Waals surface area (Å²) in [7, 11) is -2.84. The number of rotatable bonds is 10. The summed E-state index contributed by atoms with van der Waals surface area (Å²) in [6, 6.07) is -0.578. The van der Waals surface area contributed by atoms with Crippen molar-refractivity contribution >= 4 is 60.1 Å². The molecule has 1 heterocycles. The molecule has 1 fully saturated rings. The molecular weight excluding hydrogens is 451 g/mol. The number of amides is 2. The fourth-order valence-corrected chi connectivity index (χ4v) is 4.68. The van der Waals surface area contributed by atoms with Gasteiger partial charge >= 0.3 is 13.7 Å². The van der Waals surface area contributed by atoms with Crippen molar-refractivity contribution in [3.63, 3.8) is 0 Å². The first-order valence-electron chi connectivity index (χ1n) is 7.86. The van der Waals surface area contributed by atoms with Crippen molar-refractivity contribution in [3.05, 3.63) is 4.91 Å². The first-order chi connectivity index (χ1) is 12.5. The smallest absolute Gasteiger partial charge is 0.335 e. The Bertz CT molecular complexity index is 436. The van der Waals surface area contributed by atoms with Gasteiger partial charge in [-0.25, -0.2) is 14.6 Å². The van der Waals surface area contributed by atoms with Gasteiger partial charge in [0.05, 0.1) is 18.4 Å². The van der Waals surface area contributed by atoms with E-state index in [0.717, 1.165) is 13.0 Å². The Hall–Kier alpha value is 0.140. The highest BCUT2D eigenvalue weighted by atomic mass is 35.5. The molecule has 2 amide bonds. The van der Waals surface area contributed by atoms with Crippen molar-refractivity contribution in [1.82, 2.24) is 20.1 Å². The summed E-state index contributed by atoms with van der Waals surface area (Å²) in [4.78, 5) is 20.9. The van der Waals surface area contributed by atoms with E-state index in [-0.39, 0.29) is 12.4 Å². The molecule has 0 aromatic rings. The van der Waals surface area contributed by atoms with Crippen LogP contribution in [0.5, 0.6) is 0 Å². The molecule has 0 spiro atoms. The van der Waals surface area contributed by atoms with Crippen LogP contribution < -0.4 is 10.4 Å². The number of nitrogens with one attached hydrogen (secondary N) is 2. The van der Waals surface area contributed by atoms with Crippen LogP contribution in [0, 0.1) is 4.91 Å². The van der Waals surface area contributed by atoms with E-state index in [1.165, 1.54) is 0 Å². The van der Waals surface area contributed by atoms with Crippen molar-refractivity contribution < 1.29 is 13.9 Å². The predicted molar refractivity (Wildman–Crippen MR) is 107 cm³/mol. The van der Waals surface area contributed by atoms with Gasteiger partial charge in [0.15, 0.2) is 0 Å². The second kappa shape index (κ2) is 16.1. The highest BCUT2D eigenvalue weighted by Gasteiger charge is 2.32. The minimum Gasteiger partial charge on any atom is -0.335 e. The average Bonchev–Trinajstić information content (AvgIpc) is 2.65. The minimum atomic E-state index is -2.84. The van der Waals surface area contributed by atoms with E-state index in [1.54, 1.807) is 4.67 Å². The maximum absolute atomic E-state index is 12.2. The van der Waals surface area contributed by atoms with Gasteiger partial charge in [-0.3, -0.25) is 4.57 Å². The zero-order chi connectivity index (χ0) is 19.8. The van der Waals surface area contributed by atoms with Crippen molar-refractivity contribution in [1.29, 1.82) is 0 Å². The van der Waals surface area contributed by atoms with Crippen molar-refractivity contribution in [3.8, 4) is 0 Å². The summed E-state index contributed by atoms with van der Waals surface area (Å²) in [5, 5.41) is 8.46. The molecule has 1 unspecified atom stereocenters. The van der Waals surface area contributed by atoms with Gasteiger partial charge in [-0.2, -0.15) is 5.01 Å². The Morgan fingerprint density at radius 3 is 2.15 bits per heavy atom. The summed E-state index contributed by atoms with van der Waals surface area (Å²) in [5.41, 5.74) is 0. The van der Waals surface area contributed by atoms with Gasteiger partial charge in [0.1, 0.15) is 0 Å². The van der Waals surface area contributed by atoms with E-state index in [9.17, 15) is 14.3 Å². The summed E-state index contributed by atoms with van der Waals surface area (Å²) >= 11 is 21.9. The molecule has 2 N–H and O–H groups in total. The zero-order valence-corrected chi connectivity index (χ0v) is 18.1. The first kappa shape index (κ1) is 26.1. The van der Waals surface area contributed by atoms with Crippen LogP contribution in [0.2, 0.25) is 0 Å². The van der Waals surface area contributed by atoms with Gasteiger partial charge in [-0.15, -0.1) is 51.3 Å². The molecule has 1 aliphatic heterocycles. The maximum atomic E-state index is 12.2. The molecular formula is C12H24Cl4N5O4P. The van der Waals surface area contributed by atoms with Gasteiger partial charge < -0.3 is 9.84 Å².